The van der Waals surface area contributed by atoms with Crippen LogP contribution in [0.25, 0.3) is 0 Å². The number of anilines is 1. The molecule has 3 amide bonds. The number of ether oxygens (including phenoxy) is 1. The molecule has 0 saturated heterocycles. The molecule has 2 atom stereocenters. The Kier molecular flexibility index (Phi) is 12.8. The van der Waals surface area contributed by atoms with Crippen molar-refractivity contribution < 1.29 is 32.3 Å². The summed E-state index contributed by atoms with van der Waals surface area (Å²) in [6.45, 7) is 3.50. The van der Waals surface area contributed by atoms with Crippen LogP contribution in [-0.2, 0) is 27.0 Å². The number of carbonyl (C=O) groups excluding carboxylic acids is 3. The van der Waals surface area contributed by atoms with Gasteiger partial charge in [-0.25, -0.2) is 5.01 Å². The Morgan fingerprint density at radius 1 is 0.950 bits per heavy atom. The zero-order valence-corrected chi connectivity index (χ0v) is 22.2. The first-order chi connectivity index (χ1) is 19.0. The summed E-state index contributed by atoms with van der Waals surface area (Å²) in [6.07, 6.45) is -5.05. The van der Waals surface area contributed by atoms with E-state index in [0.717, 1.165) is 12.1 Å². The van der Waals surface area contributed by atoms with Gasteiger partial charge in [-0.3, -0.25) is 19.8 Å². The average Bonchev–Trinajstić information content (AvgIpc) is 2.89. The van der Waals surface area contributed by atoms with Crippen molar-refractivity contribution in [1.82, 2.24) is 15.8 Å². The fourth-order valence-electron chi connectivity index (χ4n) is 3.63. The van der Waals surface area contributed by atoms with Crippen molar-refractivity contribution in [1.29, 1.82) is 0 Å². The van der Waals surface area contributed by atoms with Gasteiger partial charge in [0.1, 0.15) is 11.8 Å². The molecule has 0 bridgehead atoms. The fraction of sp³-hybridized carbons (Fsp3) is 0.423. The Morgan fingerprint density at radius 2 is 1.55 bits per heavy atom. The van der Waals surface area contributed by atoms with E-state index in [1.54, 1.807) is 24.3 Å². The van der Waals surface area contributed by atoms with E-state index < -0.39 is 48.0 Å². The number of hydrogen-bond acceptors (Lipinski definition) is 8. The van der Waals surface area contributed by atoms with Crippen molar-refractivity contribution in [3.05, 3.63) is 59.7 Å². The van der Waals surface area contributed by atoms with Crippen LogP contribution >= 0.6 is 0 Å². The van der Waals surface area contributed by atoms with Crippen LogP contribution < -0.4 is 38.0 Å². The van der Waals surface area contributed by atoms with Gasteiger partial charge in [0.05, 0.1) is 24.6 Å². The molecule has 40 heavy (non-hydrogen) atoms. The molecule has 2 rings (SSSR count). The van der Waals surface area contributed by atoms with Gasteiger partial charge in [-0.2, -0.15) is 13.2 Å². The van der Waals surface area contributed by atoms with Gasteiger partial charge < -0.3 is 32.6 Å². The molecule has 0 saturated carbocycles. The van der Waals surface area contributed by atoms with Crippen LogP contribution in [0.15, 0.2) is 48.5 Å². The second-order valence-electron chi connectivity index (χ2n) is 8.82. The van der Waals surface area contributed by atoms with Crippen molar-refractivity contribution in [2.24, 2.45) is 17.2 Å². The van der Waals surface area contributed by atoms with Crippen LogP contribution in [0.2, 0.25) is 0 Å². The Morgan fingerprint density at radius 3 is 2.08 bits per heavy atom. The maximum Gasteiger partial charge on any atom is 0.416 e. The summed E-state index contributed by atoms with van der Waals surface area (Å²) < 4.78 is 44.3. The lowest BCUT2D eigenvalue weighted by Crippen LogP contribution is -2.53. The summed E-state index contributed by atoms with van der Waals surface area (Å²) in [5.41, 5.74) is 19.5. The number of alkyl halides is 3. The summed E-state index contributed by atoms with van der Waals surface area (Å²) in [4.78, 5) is 38.4. The van der Waals surface area contributed by atoms with Crippen LogP contribution in [0.1, 0.15) is 24.5 Å². The van der Waals surface area contributed by atoms with Crippen molar-refractivity contribution in [2.75, 3.05) is 38.1 Å². The van der Waals surface area contributed by atoms with Crippen LogP contribution in [0.4, 0.5) is 18.9 Å². The Labute approximate surface area is 230 Å². The highest BCUT2D eigenvalue weighted by molar-refractivity contribution is 5.98. The molecule has 14 heteroatoms. The number of nitrogens with two attached hydrogens (primary N) is 3. The molecule has 0 aliphatic heterocycles. The third kappa shape index (κ3) is 10.8. The van der Waals surface area contributed by atoms with Gasteiger partial charge in [0.2, 0.25) is 17.7 Å². The van der Waals surface area contributed by atoms with Crippen molar-refractivity contribution >= 4 is 23.4 Å². The average molecular weight is 568 g/mol. The van der Waals surface area contributed by atoms with Crippen molar-refractivity contribution in [3.8, 4) is 5.75 Å². The third-order valence-corrected chi connectivity index (χ3v) is 5.61. The van der Waals surface area contributed by atoms with E-state index in [2.05, 4.69) is 16.1 Å². The zero-order valence-electron chi connectivity index (χ0n) is 22.2. The molecule has 220 valence electrons. The monoisotopic (exact) mass is 567 g/mol. The molecule has 11 nitrogen and oxygen atoms in total. The second-order valence-corrected chi connectivity index (χ2v) is 8.82. The highest BCUT2D eigenvalue weighted by Crippen LogP contribution is 2.29. The number of halogens is 3. The van der Waals surface area contributed by atoms with Gasteiger partial charge in [-0.15, -0.1) is 0 Å². The number of carbonyl (C=O) groups is 3. The van der Waals surface area contributed by atoms with E-state index in [1.807, 2.05) is 6.92 Å². The summed E-state index contributed by atoms with van der Waals surface area (Å²) in [5, 5.41) is 6.69. The Hall–Kier alpha value is -3.72. The topological polar surface area (TPSA) is 178 Å². The summed E-state index contributed by atoms with van der Waals surface area (Å²) in [6, 6.07) is 8.21. The Balaban J connectivity index is 2.14. The van der Waals surface area contributed by atoms with Gasteiger partial charge >= 0.3 is 6.18 Å². The standard InChI is InChI=1S/C26H36F3N7O4/c1-2-40-20-9-7-19(8-10-20)33-25(39)22(15-17-3-5-18(6-4-17)26(27,28)29)34-24(38)21(32)16-23(37)35-36(13-11-30)14-12-31/h3-10,21-22H,2,11-16,30-32H2,1H3,(H,33,39)(H,34,38)(H,35,37)/t21-,22-/m0/s1. The summed E-state index contributed by atoms with van der Waals surface area (Å²) in [7, 11) is 0. The number of nitrogens with one attached hydrogen (secondary N) is 3. The lowest BCUT2D eigenvalue weighted by molar-refractivity contribution is -0.137. The van der Waals surface area contributed by atoms with Gasteiger partial charge in [-0.1, -0.05) is 12.1 Å². The smallest absolute Gasteiger partial charge is 0.416 e. The second kappa shape index (κ2) is 15.8. The lowest BCUT2D eigenvalue weighted by Gasteiger charge is -2.23. The normalized spacial score (nSPS) is 12.9. The SMILES string of the molecule is CCOc1ccc(NC(=O)[C@H](Cc2ccc(C(F)(F)F)cc2)NC(=O)[C@@H](N)CC(=O)NN(CCN)CCN)cc1. The van der Waals surface area contributed by atoms with E-state index in [0.29, 0.717) is 36.7 Å². The van der Waals surface area contributed by atoms with Crippen LogP contribution in [-0.4, -0.2) is 67.6 Å². The van der Waals surface area contributed by atoms with E-state index in [9.17, 15) is 27.6 Å². The minimum Gasteiger partial charge on any atom is -0.494 e. The summed E-state index contributed by atoms with van der Waals surface area (Å²) >= 11 is 0. The number of rotatable bonds is 15. The van der Waals surface area contributed by atoms with E-state index in [-0.39, 0.29) is 19.5 Å². The maximum absolute atomic E-state index is 13.1. The lowest BCUT2D eigenvalue weighted by atomic mass is 10.0. The van der Waals surface area contributed by atoms with Gasteiger partial charge in [-0.05, 0) is 48.9 Å². The predicted molar refractivity (Wildman–Crippen MR) is 144 cm³/mol. The maximum atomic E-state index is 13.1. The number of benzene rings is 2. The molecule has 0 aromatic heterocycles. The molecule has 9 N–H and O–H groups in total. The van der Waals surface area contributed by atoms with Gasteiger partial charge in [0, 0.05) is 38.3 Å². The number of amides is 3. The molecule has 0 heterocycles. The molecule has 2 aromatic rings. The fourth-order valence-corrected chi connectivity index (χ4v) is 3.63. The van der Waals surface area contributed by atoms with Crippen molar-refractivity contribution in [2.45, 2.75) is 38.0 Å². The molecule has 0 fully saturated rings. The highest BCUT2D eigenvalue weighted by Gasteiger charge is 2.31. The molecule has 0 unspecified atom stereocenters. The van der Waals surface area contributed by atoms with Crippen LogP contribution in [0.3, 0.4) is 0 Å². The quantitative estimate of drug-likeness (QED) is 0.171. The summed E-state index contributed by atoms with van der Waals surface area (Å²) in [5.74, 6) is -1.39. The number of nitrogens with zero attached hydrogens (tertiary/aromatic N) is 1. The molecule has 2 aromatic carbocycles. The molecule has 0 spiro atoms. The highest BCUT2D eigenvalue weighted by atomic mass is 19.4. The van der Waals surface area contributed by atoms with E-state index >= 15 is 0 Å². The Bertz CT molecular complexity index is 1090. The first-order valence-corrected chi connectivity index (χ1v) is 12.7. The number of hydrazine groups is 1. The molecular formula is C26H36F3N7O4. The number of hydrogen-bond donors (Lipinski definition) is 6. The molecule has 0 aliphatic rings. The predicted octanol–water partition coefficient (Wildman–Crippen LogP) is 0.738. The van der Waals surface area contributed by atoms with E-state index in [1.165, 1.54) is 17.1 Å². The first-order valence-electron chi connectivity index (χ1n) is 12.7. The molecule has 0 radical (unpaired) electrons. The first kappa shape index (κ1) is 32.5. The minimum absolute atomic E-state index is 0.133. The van der Waals surface area contributed by atoms with Crippen LogP contribution in [0, 0.1) is 0 Å². The largest absolute Gasteiger partial charge is 0.494 e. The van der Waals surface area contributed by atoms with Crippen molar-refractivity contribution in [3.63, 3.8) is 0 Å². The van der Waals surface area contributed by atoms with Crippen LogP contribution in [0.5, 0.6) is 5.75 Å². The van der Waals surface area contributed by atoms with Gasteiger partial charge in [0.15, 0.2) is 0 Å². The third-order valence-electron chi connectivity index (χ3n) is 5.61. The minimum atomic E-state index is -4.52. The van der Waals surface area contributed by atoms with Gasteiger partial charge in [0.25, 0.3) is 0 Å². The van der Waals surface area contributed by atoms with E-state index in [4.69, 9.17) is 21.9 Å². The zero-order chi connectivity index (χ0) is 29.7. The molecule has 0 aliphatic carbocycles. The molecular weight excluding hydrogens is 531 g/mol.